The molecule has 0 rings (SSSR count). The number of carbonyl (C=O) groups excluding carboxylic acids is 2. The van der Waals surface area contributed by atoms with Crippen LogP contribution in [0.1, 0.15) is 136 Å². The first kappa shape index (κ1) is 44.7. The number of rotatable bonds is 31. The number of esters is 2. The topological polar surface area (TPSA) is 140 Å². The molecule has 0 aromatic heterocycles. The van der Waals surface area contributed by atoms with Gasteiger partial charge in [0.15, 0.2) is 6.10 Å². The summed E-state index contributed by atoms with van der Waals surface area (Å²) in [6.45, 7) is 3.43. The molecule has 0 aliphatic heterocycles. The first-order valence-corrected chi connectivity index (χ1v) is 19.2. The molecule has 0 heterocycles. The summed E-state index contributed by atoms with van der Waals surface area (Å²) in [6, 6.07) is 0. The maximum Gasteiger partial charge on any atom is 0.469 e. The van der Waals surface area contributed by atoms with Gasteiger partial charge < -0.3 is 24.4 Å². The third kappa shape index (κ3) is 34.9. The summed E-state index contributed by atoms with van der Waals surface area (Å²) in [6.07, 6.45) is 35.6. The Morgan fingerprint density at radius 1 is 0.660 bits per heavy atom. The lowest BCUT2D eigenvalue weighted by molar-refractivity contribution is -0.161. The van der Waals surface area contributed by atoms with E-state index in [1.165, 1.54) is 12.8 Å². The van der Waals surface area contributed by atoms with Crippen LogP contribution in [-0.2, 0) is 28.2 Å². The van der Waals surface area contributed by atoms with Crippen molar-refractivity contribution in [2.24, 2.45) is 0 Å². The van der Waals surface area contributed by atoms with Crippen molar-refractivity contribution in [2.45, 2.75) is 148 Å². The van der Waals surface area contributed by atoms with E-state index in [1.54, 1.807) is 0 Å². The quantitative estimate of drug-likeness (QED) is 0.0215. The lowest BCUT2D eigenvalue weighted by Gasteiger charge is -2.18. The zero-order valence-corrected chi connectivity index (χ0v) is 29.9. The fourth-order valence-electron chi connectivity index (χ4n) is 4.40. The van der Waals surface area contributed by atoms with Gasteiger partial charge in [0.25, 0.3) is 0 Å². The van der Waals surface area contributed by atoms with Gasteiger partial charge in [-0.3, -0.25) is 14.1 Å². The third-order valence-corrected chi connectivity index (χ3v) is 7.60. The van der Waals surface area contributed by atoms with E-state index in [-0.39, 0.29) is 25.6 Å². The average molecular weight is 683 g/mol. The van der Waals surface area contributed by atoms with Gasteiger partial charge in [-0.15, -0.1) is 0 Å². The predicted octanol–water partition coefficient (Wildman–Crippen LogP) is 9.14. The minimum absolute atomic E-state index is 0.167. The molecule has 0 amide bonds. The minimum atomic E-state index is -4.77. The van der Waals surface area contributed by atoms with E-state index >= 15 is 0 Å². The number of ether oxygens (including phenoxy) is 2. The largest absolute Gasteiger partial charge is 0.469 e. The van der Waals surface area contributed by atoms with E-state index in [0.717, 1.165) is 77.0 Å². The molecule has 9 nitrogen and oxygen atoms in total. The number of phosphoric ester groups is 1. The van der Waals surface area contributed by atoms with Crippen LogP contribution in [-0.4, -0.2) is 52.3 Å². The normalized spacial score (nSPS) is 13.9. The lowest BCUT2D eigenvalue weighted by Crippen LogP contribution is -2.29. The van der Waals surface area contributed by atoms with Crippen molar-refractivity contribution in [3.05, 3.63) is 60.8 Å². The summed E-state index contributed by atoms with van der Waals surface area (Å²) >= 11 is 0. The highest BCUT2D eigenvalue weighted by molar-refractivity contribution is 7.46. The Hall–Kier alpha value is -2.29. The summed E-state index contributed by atoms with van der Waals surface area (Å²) in [5.74, 6) is -0.996. The second-order valence-corrected chi connectivity index (χ2v) is 12.9. The maximum atomic E-state index is 12.3. The molecular weight excluding hydrogens is 619 g/mol. The van der Waals surface area contributed by atoms with Gasteiger partial charge in [-0.1, -0.05) is 126 Å². The fraction of sp³-hybridized carbons (Fsp3) is 0.676. The number of hydrogen-bond donors (Lipinski definition) is 3. The zero-order valence-electron chi connectivity index (χ0n) is 29.0. The van der Waals surface area contributed by atoms with Gasteiger partial charge in [0.05, 0.1) is 12.7 Å². The fourth-order valence-corrected chi connectivity index (χ4v) is 4.76. The van der Waals surface area contributed by atoms with Gasteiger partial charge in [-0.2, -0.15) is 0 Å². The van der Waals surface area contributed by atoms with Crippen molar-refractivity contribution in [3.8, 4) is 0 Å². The van der Waals surface area contributed by atoms with Gasteiger partial charge in [-0.25, -0.2) is 4.57 Å². The second-order valence-electron chi connectivity index (χ2n) is 11.7. The van der Waals surface area contributed by atoms with E-state index in [2.05, 4.69) is 42.7 Å². The van der Waals surface area contributed by atoms with Crippen LogP contribution in [0, 0.1) is 0 Å². The molecule has 3 N–H and O–H groups in total. The van der Waals surface area contributed by atoms with Crippen LogP contribution < -0.4 is 0 Å². The molecule has 0 aromatic rings. The van der Waals surface area contributed by atoms with Crippen LogP contribution in [0.4, 0.5) is 0 Å². The average Bonchev–Trinajstić information content (AvgIpc) is 3.03. The summed E-state index contributed by atoms with van der Waals surface area (Å²) in [5.41, 5.74) is 0. The SMILES string of the molecule is CCCC/C=C\CCCCCCCC(=O)O[C@H](COC(=O)CCC/C=C\C/C=C\C/C=C\C=C\[C@H](O)CCCCC)COP(=O)(O)O. The highest BCUT2D eigenvalue weighted by Crippen LogP contribution is 2.35. The highest BCUT2D eigenvalue weighted by atomic mass is 31.2. The van der Waals surface area contributed by atoms with E-state index in [1.807, 2.05) is 36.5 Å². The molecular formula is C37H63O9P. The Morgan fingerprint density at radius 3 is 1.98 bits per heavy atom. The number of hydrogen-bond acceptors (Lipinski definition) is 7. The molecule has 0 aliphatic rings. The molecule has 0 aromatic carbocycles. The number of aliphatic hydroxyl groups is 1. The van der Waals surface area contributed by atoms with Crippen LogP contribution >= 0.6 is 7.82 Å². The van der Waals surface area contributed by atoms with Gasteiger partial charge in [0.1, 0.15) is 6.61 Å². The van der Waals surface area contributed by atoms with Gasteiger partial charge in [-0.05, 0) is 57.8 Å². The van der Waals surface area contributed by atoms with Crippen LogP contribution in [0.25, 0.3) is 0 Å². The number of aliphatic hydroxyl groups excluding tert-OH is 1. The van der Waals surface area contributed by atoms with Crippen molar-refractivity contribution in [2.75, 3.05) is 13.2 Å². The van der Waals surface area contributed by atoms with Gasteiger partial charge in [0.2, 0.25) is 0 Å². The first-order valence-electron chi connectivity index (χ1n) is 17.7. The van der Waals surface area contributed by atoms with Crippen LogP contribution in [0.2, 0.25) is 0 Å². The molecule has 0 unspecified atom stereocenters. The summed E-state index contributed by atoms with van der Waals surface area (Å²) in [7, 11) is -4.77. The number of unbranched alkanes of at least 4 members (excludes halogenated alkanes) is 10. The molecule has 10 heteroatoms. The zero-order chi connectivity index (χ0) is 34.9. The van der Waals surface area contributed by atoms with Gasteiger partial charge >= 0.3 is 19.8 Å². The summed E-state index contributed by atoms with van der Waals surface area (Å²) in [5, 5.41) is 9.85. The maximum absolute atomic E-state index is 12.3. The summed E-state index contributed by atoms with van der Waals surface area (Å²) in [4.78, 5) is 42.5. The Bertz CT molecular complexity index is 965. The van der Waals surface area contributed by atoms with E-state index in [0.29, 0.717) is 19.3 Å². The smallest absolute Gasteiger partial charge is 0.462 e. The van der Waals surface area contributed by atoms with Gasteiger partial charge in [0, 0.05) is 12.8 Å². The van der Waals surface area contributed by atoms with Crippen molar-refractivity contribution >= 4 is 19.8 Å². The molecule has 0 fully saturated rings. The third-order valence-electron chi connectivity index (χ3n) is 7.11. The number of phosphoric acid groups is 1. The van der Waals surface area contributed by atoms with Crippen LogP contribution in [0.5, 0.6) is 0 Å². The Kier molecular flexibility index (Phi) is 30.7. The second kappa shape index (κ2) is 32.3. The molecule has 0 saturated heterocycles. The molecule has 270 valence electrons. The predicted molar refractivity (Wildman–Crippen MR) is 190 cm³/mol. The molecule has 0 aliphatic carbocycles. The molecule has 0 bridgehead atoms. The minimum Gasteiger partial charge on any atom is -0.462 e. The van der Waals surface area contributed by atoms with Crippen molar-refractivity contribution in [1.82, 2.24) is 0 Å². The number of allylic oxidation sites excluding steroid dienone is 9. The Morgan fingerprint density at radius 2 is 1.26 bits per heavy atom. The molecule has 47 heavy (non-hydrogen) atoms. The van der Waals surface area contributed by atoms with Crippen LogP contribution in [0.15, 0.2) is 60.8 Å². The molecule has 0 radical (unpaired) electrons. The Balaban J connectivity index is 4.17. The van der Waals surface area contributed by atoms with Crippen molar-refractivity contribution < 1.29 is 43.0 Å². The van der Waals surface area contributed by atoms with Crippen LogP contribution in [0.3, 0.4) is 0 Å². The Labute approximate surface area is 284 Å². The molecule has 0 spiro atoms. The van der Waals surface area contributed by atoms with Crippen molar-refractivity contribution in [1.29, 1.82) is 0 Å². The van der Waals surface area contributed by atoms with E-state index in [9.17, 15) is 19.3 Å². The van der Waals surface area contributed by atoms with E-state index in [4.69, 9.17) is 19.3 Å². The standard InChI is InChI=1S/C37H63O9P/c1-3-5-7-8-9-10-12-17-20-23-27-31-37(40)46-35(33-45-47(41,42)43)32-44-36(39)30-26-22-19-16-14-11-13-15-18-21-25-29-34(38)28-24-6-4-2/h8-9,11,13,16,18-19,21,25,29,34-35,38H,3-7,10,12,14-15,17,20,22-24,26-28,30-33H2,1-2H3,(H2,41,42,43)/b9-8-,13-11-,19-16-,21-18-,29-25+/t34-,35-/m1/s1. The highest BCUT2D eigenvalue weighted by Gasteiger charge is 2.22. The first-order chi connectivity index (χ1) is 22.7. The molecule has 2 atom stereocenters. The summed E-state index contributed by atoms with van der Waals surface area (Å²) < 4.78 is 26.1. The number of carbonyl (C=O) groups is 2. The monoisotopic (exact) mass is 682 g/mol. The molecule has 0 saturated carbocycles. The van der Waals surface area contributed by atoms with E-state index < -0.39 is 32.5 Å². The lowest BCUT2D eigenvalue weighted by atomic mass is 10.1. The van der Waals surface area contributed by atoms with Crippen molar-refractivity contribution in [3.63, 3.8) is 0 Å².